The van der Waals surface area contributed by atoms with Gasteiger partial charge < -0.3 is 16.8 Å². The van der Waals surface area contributed by atoms with Crippen molar-refractivity contribution >= 4 is 17.4 Å². The van der Waals surface area contributed by atoms with Crippen LogP contribution in [-0.2, 0) is 12.1 Å². The molecule has 11 heteroatoms. The average molecular weight is 442 g/mol. The maximum absolute atomic E-state index is 13.4. The number of likely N-dealkylation sites (tertiary alicyclic amines) is 1. The number of piperidine rings is 1. The molecular weight excluding hydrogens is 418 g/mol. The van der Waals surface area contributed by atoms with E-state index in [4.69, 9.17) is 11.5 Å². The van der Waals surface area contributed by atoms with Crippen LogP contribution in [0.5, 0.6) is 0 Å². The van der Waals surface area contributed by atoms with Gasteiger partial charge in [0, 0.05) is 56.5 Å². The highest BCUT2D eigenvalue weighted by Crippen LogP contribution is 2.32. The van der Waals surface area contributed by atoms with Gasteiger partial charge in [-0.05, 0) is 30.5 Å². The number of carbonyl (C=O) groups is 1. The molecule has 3 aromatic rings. The predicted octanol–water partition coefficient (Wildman–Crippen LogP) is 1.74. The van der Waals surface area contributed by atoms with Gasteiger partial charge in [-0.15, -0.1) is 0 Å². The summed E-state index contributed by atoms with van der Waals surface area (Å²) >= 11 is 0. The van der Waals surface area contributed by atoms with E-state index in [9.17, 15) is 13.6 Å². The van der Waals surface area contributed by atoms with E-state index in [0.29, 0.717) is 44.7 Å². The summed E-state index contributed by atoms with van der Waals surface area (Å²) in [6, 6.07) is 4.23. The molecule has 1 saturated heterocycles. The molecule has 0 unspecified atom stereocenters. The smallest absolute Gasteiger partial charge is 0.254 e. The van der Waals surface area contributed by atoms with E-state index in [1.165, 1.54) is 24.5 Å². The molecule has 168 valence electrons. The molecule has 1 fully saturated rings. The number of nitrogens with zero attached hydrogens (tertiary/aromatic N) is 5. The summed E-state index contributed by atoms with van der Waals surface area (Å²) in [7, 11) is 0. The fourth-order valence-corrected chi connectivity index (χ4v) is 3.96. The Morgan fingerprint density at radius 3 is 2.66 bits per heavy atom. The molecule has 0 saturated carbocycles. The number of hydrogen-bond donors (Lipinski definition) is 3. The van der Waals surface area contributed by atoms with Gasteiger partial charge in [-0.3, -0.25) is 19.4 Å². The number of rotatable bonds is 7. The highest BCUT2D eigenvalue weighted by Gasteiger charge is 2.37. The highest BCUT2D eigenvalue weighted by molar-refractivity contribution is 5.98. The number of nitrogens with two attached hydrogens (primary N) is 2. The molecule has 0 radical (unpaired) electrons. The number of aromatic nitrogens is 4. The molecule has 4 rings (SSSR count). The fourth-order valence-electron chi connectivity index (χ4n) is 3.96. The number of halogens is 2. The third kappa shape index (κ3) is 4.58. The molecule has 0 atom stereocenters. The third-order valence-electron chi connectivity index (χ3n) is 5.79. The number of carbonyl (C=O) groups excluding carboxylic acids is 1. The van der Waals surface area contributed by atoms with Crippen LogP contribution >= 0.6 is 0 Å². The van der Waals surface area contributed by atoms with E-state index in [1.54, 1.807) is 23.1 Å². The summed E-state index contributed by atoms with van der Waals surface area (Å²) in [5.74, 6) is -1.45. The first-order valence-electron chi connectivity index (χ1n) is 10.2. The van der Waals surface area contributed by atoms with Crippen molar-refractivity contribution in [2.45, 2.75) is 24.9 Å². The molecule has 1 aliphatic rings. The van der Waals surface area contributed by atoms with E-state index in [0.717, 1.165) is 5.56 Å². The highest BCUT2D eigenvalue weighted by atomic mass is 19.1. The minimum Gasteiger partial charge on any atom is -0.365 e. The van der Waals surface area contributed by atoms with Crippen molar-refractivity contribution in [3.05, 3.63) is 65.9 Å². The molecule has 1 aliphatic heterocycles. The standard InChI is InChI=1S/C21H24F2N8O/c22-15-7-14(9-26-10-15)11-30-5-2-21(13-24,3-6-30)31-12-17(19(25)32)20(29-31)28-16-1-4-27-18(23)8-16/h1,4,7-10,12H,2-3,5-6,11,13,24H2,(H2,25,32)(H,27,28,29). The average Bonchev–Trinajstić information content (AvgIpc) is 3.19. The van der Waals surface area contributed by atoms with Gasteiger partial charge in [0.1, 0.15) is 11.4 Å². The number of pyridine rings is 2. The Morgan fingerprint density at radius 2 is 2.00 bits per heavy atom. The summed E-state index contributed by atoms with van der Waals surface area (Å²) in [6.07, 6.45) is 7.08. The lowest BCUT2D eigenvalue weighted by molar-refractivity contribution is 0.0983. The van der Waals surface area contributed by atoms with Gasteiger partial charge in [0.2, 0.25) is 5.95 Å². The second-order valence-corrected chi connectivity index (χ2v) is 7.91. The van der Waals surface area contributed by atoms with E-state index >= 15 is 0 Å². The van der Waals surface area contributed by atoms with E-state index in [-0.39, 0.29) is 17.2 Å². The molecule has 0 aromatic carbocycles. The van der Waals surface area contributed by atoms with Gasteiger partial charge in [0.15, 0.2) is 5.82 Å². The van der Waals surface area contributed by atoms with Gasteiger partial charge >= 0.3 is 0 Å². The monoisotopic (exact) mass is 442 g/mol. The van der Waals surface area contributed by atoms with E-state index < -0.39 is 17.4 Å². The Kier molecular flexibility index (Phi) is 6.10. The summed E-state index contributed by atoms with van der Waals surface area (Å²) in [5.41, 5.74) is 12.6. The van der Waals surface area contributed by atoms with Gasteiger partial charge in [0.25, 0.3) is 5.91 Å². The van der Waals surface area contributed by atoms with E-state index in [2.05, 4.69) is 25.3 Å². The topological polar surface area (TPSA) is 128 Å². The van der Waals surface area contributed by atoms with Crippen molar-refractivity contribution in [1.82, 2.24) is 24.6 Å². The lowest BCUT2D eigenvalue weighted by Crippen LogP contribution is -2.50. The van der Waals surface area contributed by atoms with Crippen LogP contribution in [0, 0.1) is 11.8 Å². The van der Waals surface area contributed by atoms with Crippen LogP contribution in [0.15, 0.2) is 43.0 Å². The Hall–Kier alpha value is -3.44. The predicted molar refractivity (Wildman–Crippen MR) is 114 cm³/mol. The Labute approximate surface area is 183 Å². The summed E-state index contributed by atoms with van der Waals surface area (Å²) in [6.45, 7) is 2.30. The molecule has 5 N–H and O–H groups in total. The second kappa shape index (κ2) is 8.97. The first-order valence-corrected chi connectivity index (χ1v) is 10.2. The van der Waals surface area contributed by atoms with Gasteiger partial charge in [0.05, 0.1) is 11.7 Å². The third-order valence-corrected chi connectivity index (χ3v) is 5.79. The quantitative estimate of drug-likeness (QED) is 0.476. The Balaban J connectivity index is 1.53. The van der Waals surface area contributed by atoms with Crippen LogP contribution in [-0.4, -0.2) is 50.2 Å². The maximum atomic E-state index is 13.4. The SMILES string of the molecule is NCC1(n2cc(C(N)=O)c(Nc3ccnc(F)c3)n2)CCN(Cc2cncc(F)c2)CC1. The first-order chi connectivity index (χ1) is 15.4. The summed E-state index contributed by atoms with van der Waals surface area (Å²) < 4.78 is 28.6. The maximum Gasteiger partial charge on any atom is 0.254 e. The molecule has 4 heterocycles. The van der Waals surface area contributed by atoms with Crippen LogP contribution in [0.25, 0.3) is 0 Å². The molecule has 32 heavy (non-hydrogen) atoms. The molecule has 9 nitrogen and oxygen atoms in total. The molecule has 0 aliphatic carbocycles. The number of hydrogen-bond acceptors (Lipinski definition) is 7. The van der Waals surface area contributed by atoms with Crippen LogP contribution in [0.3, 0.4) is 0 Å². The van der Waals surface area contributed by atoms with Crippen molar-refractivity contribution in [2.24, 2.45) is 11.5 Å². The number of nitrogens with one attached hydrogen (secondary N) is 1. The molecule has 1 amide bonds. The van der Waals surface area contributed by atoms with Crippen LogP contribution < -0.4 is 16.8 Å². The molecule has 3 aromatic heterocycles. The zero-order valence-electron chi connectivity index (χ0n) is 17.3. The summed E-state index contributed by atoms with van der Waals surface area (Å²) in [4.78, 5) is 21.6. The normalized spacial score (nSPS) is 16.1. The van der Waals surface area contributed by atoms with Crippen molar-refractivity contribution in [3.63, 3.8) is 0 Å². The van der Waals surface area contributed by atoms with Gasteiger partial charge in [-0.25, -0.2) is 9.37 Å². The second-order valence-electron chi connectivity index (χ2n) is 7.91. The number of anilines is 2. The Bertz CT molecular complexity index is 1110. The number of primary amides is 1. The lowest BCUT2D eigenvalue weighted by Gasteiger charge is -2.41. The van der Waals surface area contributed by atoms with Crippen molar-refractivity contribution < 1.29 is 13.6 Å². The van der Waals surface area contributed by atoms with E-state index in [1.807, 2.05) is 0 Å². The van der Waals surface area contributed by atoms with Gasteiger partial charge in [-0.2, -0.15) is 9.49 Å². The minimum absolute atomic E-state index is 0.184. The zero-order valence-corrected chi connectivity index (χ0v) is 17.3. The van der Waals surface area contributed by atoms with Gasteiger partial charge in [-0.1, -0.05) is 0 Å². The molecular formula is C21H24F2N8O. The Morgan fingerprint density at radius 1 is 1.22 bits per heavy atom. The van der Waals surface area contributed by atoms with Crippen LogP contribution in [0.1, 0.15) is 28.8 Å². The van der Waals surface area contributed by atoms with Crippen molar-refractivity contribution in [2.75, 3.05) is 25.0 Å². The minimum atomic E-state index is -0.658. The fraction of sp³-hybridized carbons (Fsp3) is 0.333. The van der Waals surface area contributed by atoms with Crippen molar-refractivity contribution in [1.29, 1.82) is 0 Å². The zero-order chi connectivity index (χ0) is 22.7. The number of amides is 1. The van der Waals surface area contributed by atoms with Crippen molar-refractivity contribution in [3.8, 4) is 0 Å². The molecule has 0 bridgehead atoms. The molecule has 0 spiro atoms. The summed E-state index contributed by atoms with van der Waals surface area (Å²) in [5, 5.41) is 7.48. The largest absolute Gasteiger partial charge is 0.365 e. The van der Waals surface area contributed by atoms with Crippen LogP contribution in [0.4, 0.5) is 20.3 Å². The lowest BCUT2D eigenvalue weighted by atomic mass is 9.87. The van der Waals surface area contributed by atoms with Crippen LogP contribution in [0.2, 0.25) is 0 Å². The first kappa shape index (κ1) is 21.8.